The van der Waals surface area contributed by atoms with Crippen LogP contribution in [0.4, 0.5) is 0 Å². The van der Waals surface area contributed by atoms with E-state index in [1.807, 2.05) is 31.2 Å². The smallest absolute Gasteiger partial charge is 0.242 e. The molecule has 134 valence electrons. The molecule has 1 fully saturated rings. The summed E-state index contributed by atoms with van der Waals surface area (Å²) in [5.74, 6) is -0.0386. The second-order valence-electron chi connectivity index (χ2n) is 6.12. The lowest BCUT2D eigenvalue weighted by Gasteiger charge is -2.35. The van der Waals surface area contributed by atoms with Gasteiger partial charge in [-0.1, -0.05) is 29.8 Å². The quantitative estimate of drug-likeness (QED) is 0.856. The highest BCUT2D eigenvalue weighted by Crippen LogP contribution is 2.27. The second kappa shape index (κ2) is 8.47. The van der Waals surface area contributed by atoms with Crippen LogP contribution in [0.2, 0.25) is 5.02 Å². The minimum absolute atomic E-state index is 0.0246. The summed E-state index contributed by atoms with van der Waals surface area (Å²) in [5, 5.41) is 3.78. The standard InChI is InChI=1S/C18H23ClN4O2/c1-14(23-7-6-20-13-23)18(24)21-12-17(22-8-10-25-11-9-22)15-4-2-3-5-16(15)19/h2-7,13-14,17H,8-12H2,1H3,(H,21,24). The molecule has 1 saturated heterocycles. The number of carbonyl (C=O) groups is 1. The number of imidazole rings is 1. The van der Waals surface area contributed by atoms with E-state index in [1.165, 1.54) is 0 Å². The number of carbonyl (C=O) groups excluding carboxylic acids is 1. The molecule has 1 N–H and O–H groups in total. The summed E-state index contributed by atoms with van der Waals surface area (Å²) in [5.41, 5.74) is 1.03. The van der Waals surface area contributed by atoms with Gasteiger partial charge in [0.1, 0.15) is 6.04 Å². The molecule has 0 aliphatic carbocycles. The van der Waals surface area contributed by atoms with Gasteiger partial charge in [0.15, 0.2) is 0 Å². The number of nitrogens with zero attached hydrogens (tertiary/aromatic N) is 3. The number of aromatic nitrogens is 2. The topological polar surface area (TPSA) is 59.4 Å². The number of hydrogen-bond donors (Lipinski definition) is 1. The number of amides is 1. The first-order valence-corrected chi connectivity index (χ1v) is 8.86. The SMILES string of the molecule is CC(C(=O)NCC(c1ccccc1Cl)N1CCOCC1)n1ccnc1. The van der Waals surface area contributed by atoms with Crippen molar-refractivity contribution in [3.05, 3.63) is 53.6 Å². The fourth-order valence-electron chi connectivity index (χ4n) is 3.05. The average molecular weight is 363 g/mol. The highest BCUT2D eigenvalue weighted by Gasteiger charge is 2.25. The Kier molecular flexibility index (Phi) is 6.07. The zero-order chi connectivity index (χ0) is 17.6. The van der Waals surface area contributed by atoms with Gasteiger partial charge in [0.2, 0.25) is 5.91 Å². The zero-order valence-corrected chi connectivity index (χ0v) is 15.0. The summed E-state index contributed by atoms with van der Waals surface area (Å²) >= 11 is 6.41. The van der Waals surface area contributed by atoms with E-state index < -0.39 is 0 Å². The van der Waals surface area contributed by atoms with Crippen LogP contribution in [0.5, 0.6) is 0 Å². The lowest BCUT2D eigenvalue weighted by Crippen LogP contribution is -2.44. The van der Waals surface area contributed by atoms with Gasteiger partial charge >= 0.3 is 0 Å². The van der Waals surface area contributed by atoms with Crippen LogP contribution in [0.3, 0.4) is 0 Å². The molecule has 2 aromatic rings. The average Bonchev–Trinajstić information content (AvgIpc) is 3.18. The van der Waals surface area contributed by atoms with E-state index in [9.17, 15) is 4.79 Å². The monoisotopic (exact) mass is 362 g/mol. The molecule has 7 heteroatoms. The molecule has 0 radical (unpaired) electrons. The van der Waals surface area contributed by atoms with Crippen LogP contribution in [0.25, 0.3) is 0 Å². The van der Waals surface area contributed by atoms with E-state index in [-0.39, 0.29) is 18.0 Å². The fourth-order valence-corrected chi connectivity index (χ4v) is 3.31. The predicted octanol–water partition coefficient (Wildman–Crippen LogP) is 2.29. The molecule has 1 aliphatic heterocycles. The molecule has 1 aromatic heterocycles. The normalized spacial score (nSPS) is 17.8. The number of rotatable bonds is 6. The van der Waals surface area contributed by atoms with Crippen LogP contribution < -0.4 is 5.32 Å². The van der Waals surface area contributed by atoms with Crippen molar-refractivity contribution in [2.75, 3.05) is 32.8 Å². The molecule has 0 bridgehead atoms. The Hall–Kier alpha value is -1.89. The van der Waals surface area contributed by atoms with Gasteiger partial charge in [-0.2, -0.15) is 0 Å². The van der Waals surface area contributed by atoms with E-state index in [0.717, 1.165) is 23.7 Å². The van der Waals surface area contributed by atoms with Crippen LogP contribution in [-0.2, 0) is 9.53 Å². The molecule has 6 nitrogen and oxygen atoms in total. The Balaban J connectivity index is 1.71. The number of ether oxygens (including phenoxy) is 1. The minimum Gasteiger partial charge on any atom is -0.379 e. The predicted molar refractivity (Wildman–Crippen MR) is 96.5 cm³/mol. The van der Waals surface area contributed by atoms with Gasteiger partial charge in [-0.3, -0.25) is 9.69 Å². The highest BCUT2D eigenvalue weighted by atomic mass is 35.5. The molecule has 25 heavy (non-hydrogen) atoms. The van der Waals surface area contributed by atoms with Gasteiger partial charge in [0.25, 0.3) is 0 Å². The fraction of sp³-hybridized carbons (Fsp3) is 0.444. The maximum atomic E-state index is 12.5. The van der Waals surface area contributed by atoms with Crippen LogP contribution >= 0.6 is 11.6 Å². The Morgan fingerprint density at radius 3 is 2.80 bits per heavy atom. The molecule has 0 saturated carbocycles. The molecule has 1 aliphatic rings. The van der Waals surface area contributed by atoms with Crippen LogP contribution in [-0.4, -0.2) is 53.2 Å². The third-order valence-corrected chi connectivity index (χ3v) is 4.92. The molecular formula is C18H23ClN4O2. The second-order valence-corrected chi connectivity index (χ2v) is 6.52. The highest BCUT2D eigenvalue weighted by molar-refractivity contribution is 6.31. The molecule has 1 amide bonds. The summed E-state index contributed by atoms with van der Waals surface area (Å²) in [6.45, 7) is 5.39. The number of hydrogen-bond acceptors (Lipinski definition) is 4. The van der Waals surface area contributed by atoms with Gasteiger partial charge in [0, 0.05) is 37.1 Å². The molecule has 2 unspecified atom stereocenters. The van der Waals surface area contributed by atoms with Crippen molar-refractivity contribution in [3.8, 4) is 0 Å². The van der Waals surface area contributed by atoms with E-state index in [2.05, 4.69) is 15.2 Å². The van der Waals surface area contributed by atoms with Crippen molar-refractivity contribution in [1.29, 1.82) is 0 Å². The first-order chi connectivity index (χ1) is 12.2. The van der Waals surface area contributed by atoms with Crippen LogP contribution in [0.15, 0.2) is 43.0 Å². The van der Waals surface area contributed by atoms with Crippen molar-refractivity contribution in [2.24, 2.45) is 0 Å². The van der Waals surface area contributed by atoms with Gasteiger partial charge in [-0.25, -0.2) is 4.98 Å². The maximum Gasteiger partial charge on any atom is 0.242 e. The largest absolute Gasteiger partial charge is 0.379 e. The van der Waals surface area contributed by atoms with Gasteiger partial charge in [0.05, 0.1) is 25.6 Å². The van der Waals surface area contributed by atoms with Gasteiger partial charge in [-0.05, 0) is 18.6 Å². The number of nitrogens with one attached hydrogen (secondary N) is 1. The Morgan fingerprint density at radius 2 is 2.12 bits per heavy atom. The van der Waals surface area contributed by atoms with Crippen LogP contribution in [0.1, 0.15) is 24.6 Å². The molecule has 2 atom stereocenters. The van der Waals surface area contributed by atoms with E-state index in [1.54, 1.807) is 23.3 Å². The number of morpholine rings is 1. The Bertz CT molecular complexity index is 686. The summed E-state index contributed by atoms with van der Waals surface area (Å²) in [6, 6.07) is 7.52. The van der Waals surface area contributed by atoms with E-state index in [4.69, 9.17) is 16.3 Å². The van der Waals surface area contributed by atoms with Crippen molar-refractivity contribution < 1.29 is 9.53 Å². The summed E-state index contributed by atoms with van der Waals surface area (Å²) in [4.78, 5) is 18.8. The lowest BCUT2D eigenvalue weighted by atomic mass is 10.0. The molecule has 2 heterocycles. The van der Waals surface area contributed by atoms with Crippen LogP contribution in [0, 0.1) is 0 Å². The van der Waals surface area contributed by atoms with Crippen molar-refractivity contribution in [2.45, 2.75) is 19.0 Å². The summed E-state index contributed by atoms with van der Waals surface area (Å²) in [6.07, 6.45) is 5.11. The van der Waals surface area contributed by atoms with Crippen molar-refractivity contribution >= 4 is 17.5 Å². The Morgan fingerprint density at radius 1 is 1.36 bits per heavy atom. The summed E-state index contributed by atoms with van der Waals surface area (Å²) in [7, 11) is 0. The van der Waals surface area contributed by atoms with Gasteiger partial charge in [-0.15, -0.1) is 0 Å². The van der Waals surface area contributed by atoms with E-state index >= 15 is 0 Å². The summed E-state index contributed by atoms with van der Waals surface area (Å²) < 4.78 is 7.24. The molecular weight excluding hydrogens is 340 g/mol. The van der Waals surface area contributed by atoms with Crippen molar-refractivity contribution in [1.82, 2.24) is 19.8 Å². The first kappa shape index (κ1) is 17.9. The maximum absolute atomic E-state index is 12.5. The molecule has 1 aromatic carbocycles. The number of benzene rings is 1. The zero-order valence-electron chi connectivity index (χ0n) is 14.3. The third kappa shape index (κ3) is 4.39. The Labute approximate surface area is 152 Å². The lowest BCUT2D eigenvalue weighted by molar-refractivity contribution is -0.124. The molecule has 0 spiro atoms. The van der Waals surface area contributed by atoms with Gasteiger partial charge < -0.3 is 14.6 Å². The third-order valence-electron chi connectivity index (χ3n) is 4.57. The number of halogens is 1. The van der Waals surface area contributed by atoms with E-state index in [0.29, 0.717) is 19.8 Å². The minimum atomic E-state index is -0.306. The molecule has 3 rings (SSSR count). The van der Waals surface area contributed by atoms with Crippen molar-refractivity contribution in [3.63, 3.8) is 0 Å². The first-order valence-electron chi connectivity index (χ1n) is 8.48.